The summed E-state index contributed by atoms with van der Waals surface area (Å²) in [5.74, 6) is -2.45. The van der Waals surface area contributed by atoms with Crippen LogP contribution < -0.4 is 16.4 Å². The maximum absolute atomic E-state index is 13.0. The third-order valence-electron chi connectivity index (χ3n) is 4.74. The molecule has 192 valence electrons. The van der Waals surface area contributed by atoms with Gasteiger partial charge in [0, 0.05) is 12.6 Å². The Bertz CT molecular complexity index is 1140. The second-order valence-electron chi connectivity index (χ2n) is 7.62. The lowest BCUT2D eigenvalue weighted by Crippen LogP contribution is -2.47. The van der Waals surface area contributed by atoms with E-state index in [2.05, 4.69) is 15.6 Å². The molecule has 0 radical (unpaired) electrons. The number of aromatic nitrogens is 1. The van der Waals surface area contributed by atoms with Crippen LogP contribution in [0.2, 0.25) is 0 Å². The number of carbonyl (C=O) groups excluding carboxylic acids is 3. The second-order valence-corrected chi connectivity index (χ2v) is 7.62. The van der Waals surface area contributed by atoms with Crippen molar-refractivity contribution in [2.45, 2.75) is 19.4 Å². The van der Waals surface area contributed by atoms with Gasteiger partial charge in [-0.05, 0) is 50.4 Å². The molecule has 0 saturated heterocycles. The van der Waals surface area contributed by atoms with Gasteiger partial charge >= 0.3 is 0 Å². The minimum atomic E-state index is -1.09. The molecule has 0 spiro atoms. The average molecular weight is 531 g/mol. The van der Waals surface area contributed by atoms with E-state index in [0.29, 0.717) is 11.3 Å². The molecule has 2 aromatic carbocycles. The monoisotopic (exact) mass is 530 g/mol. The number of rotatable bonds is 8. The summed E-state index contributed by atoms with van der Waals surface area (Å²) in [5.41, 5.74) is 8.85. The Balaban J connectivity index is 0.00000233. The van der Waals surface area contributed by atoms with Crippen LogP contribution in [0.15, 0.2) is 72.9 Å². The molecule has 1 atom stereocenters. The topological polar surface area (TPSA) is 114 Å². The summed E-state index contributed by atoms with van der Waals surface area (Å²) < 4.78 is 0. The molecule has 4 N–H and O–H groups in total. The first-order valence-corrected chi connectivity index (χ1v) is 10.8. The Kier molecular flexibility index (Phi) is 15.3. The van der Waals surface area contributed by atoms with Gasteiger partial charge in [-0.15, -0.1) is 24.8 Å². The van der Waals surface area contributed by atoms with Gasteiger partial charge in [0.2, 0.25) is 5.78 Å². The van der Waals surface area contributed by atoms with E-state index in [9.17, 15) is 14.4 Å². The summed E-state index contributed by atoms with van der Waals surface area (Å²) in [6.07, 6.45) is 5.33. The number of primary amides is 1. The highest BCUT2D eigenvalue weighted by molar-refractivity contribution is 6.38. The number of hydrogen-bond donors (Lipinski definition) is 3. The van der Waals surface area contributed by atoms with Crippen molar-refractivity contribution in [3.05, 3.63) is 101 Å². The normalized spacial score (nSPS) is 10.6. The van der Waals surface area contributed by atoms with E-state index in [4.69, 9.17) is 5.73 Å². The van der Waals surface area contributed by atoms with Crippen molar-refractivity contribution in [1.82, 2.24) is 15.6 Å². The highest BCUT2D eigenvalue weighted by Gasteiger charge is 2.26. The van der Waals surface area contributed by atoms with E-state index in [1.807, 2.05) is 81.7 Å². The predicted molar refractivity (Wildman–Crippen MR) is 149 cm³/mol. The molecular formula is C27H32Cl2N4O3. The van der Waals surface area contributed by atoms with Crippen molar-refractivity contribution < 1.29 is 14.4 Å². The molecular weight excluding hydrogens is 499 g/mol. The van der Waals surface area contributed by atoms with Gasteiger partial charge in [0.25, 0.3) is 11.8 Å². The maximum atomic E-state index is 13.0. The van der Waals surface area contributed by atoms with Crippen molar-refractivity contribution in [1.29, 1.82) is 0 Å². The van der Waals surface area contributed by atoms with Crippen molar-refractivity contribution in [2.24, 2.45) is 5.73 Å². The minimum absolute atomic E-state index is 0. The first-order chi connectivity index (χ1) is 16.3. The van der Waals surface area contributed by atoms with Gasteiger partial charge in [-0.1, -0.05) is 66.2 Å². The summed E-state index contributed by atoms with van der Waals surface area (Å²) in [6, 6.07) is 19.2. The summed E-state index contributed by atoms with van der Waals surface area (Å²) in [4.78, 5) is 41.1. The van der Waals surface area contributed by atoms with Crippen LogP contribution in [0.3, 0.4) is 0 Å². The Morgan fingerprint density at radius 1 is 0.917 bits per heavy atom. The number of ketones is 1. The van der Waals surface area contributed by atoms with Gasteiger partial charge in [0.1, 0.15) is 6.04 Å². The van der Waals surface area contributed by atoms with E-state index in [0.717, 1.165) is 16.7 Å². The lowest BCUT2D eigenvalue weighted by molar-refractivity contribution is -0.137. The largest absolute Gasteiger partial charge is 0.363 e. The molecule has 0 fully saturated rings. The zero-order valence-electron chi connectivity index (χ0n) is 20.4. The Morgan fingerprint density at radius 3 is 2.11 bits per heavy atom. The fourth-order valence-electron chi connectivity index (χ4n) is 3.06. The molecule has 2 amide bonds. The van der Waals surface area contributed by atoms with Crippen molar-refractivity contribution in [3.63, 3.8) is 0 Å². The molecule has 0 aliphatic carbocycles. The molecule has 36 heavy (non-hydrogen) atoms. The molecule has 1 heterocycles. The number of carbonyl (C=O) groups is 3. The van der Waals surface area contributed by atoms with Gasteiger partial charge in [0.15, 0.2) is 0 Å². The molecule has 3 aromatic rings. The SMILES string of the molecule is CNC.Cc1ccc(C=Cc2ncccc2C(=O)NC(Cc2ccccc2)C(=O)C(N)=O)cc1.Cl.Cl. The number of pyridine rings is 1. The molecule has 7 nitrogen and oxygen atoms in total. The van der Waals surface area contributed by atoms with E-state index < -0.39 is 23.6 Å². The number of halogens is 2. The Morgan fingerprint density at radius 2 is 1.53 bits per heavy atom. The van der Waals surface area contributed by atoms with Crippen molar-refractivity contribution in [2.75, 3.05) is 14.1 Å². The summed E-state index contributed by atoms with van der Waals surface area (Å²) in [7, 11) is 3.75. The van der Waals surface area contributed by atoms with E-state index in [1.54, 1.807) is 24.4 Å². The average Bonchev–Trinajstić information content (AvgIpc) is 2.84. The number of Topliss-reactive ketones (excluding diaryl/α,β-unsaturated/α-hetero) is 1. The van der Waals surface area contributed by atoms with Crippen molar-refractivity contribution in [3.8, 4) is 0 Å². The quantitative estimate of drug-likeness (QED) is 0.384. The van der Waals surface area contributed by atoms with Gasteiger partial charge < -0.3 is 16.4 Å². The first-order valence-electron chi connectivity index (χ1n) is 10.8. The number of nitrogens with two attached hydrogens (primary N) is 1. The van der Waals surface area contributed by atoms with Crippen LogP contribution in [0.1, 0.15) is 32.7 Å². The van der Waals surface area contributed by atoms with E-state index >= 15 is 0 Å². The van der Waals surface area contributed by atoms with Gasteiger partial charge in [0.05, 0.1) is 11.3 Å². The highest BCUT2D eigenvalue weighted by Crippen LogP contribution is 2.13. The van der Waals surface area contributed by atoms with Crippen LogP contribution in [-0.4, -0.2) is 42.7 Å². The molecule has 1 aromatic heterocycles. The van der Waals surface area contributed by atoms with Crippen molar-refractivity contribution >= 4 is 54.6 Å². The molecule has 0 aliphatic rings. The fourth-order valence-corrected chi connectivity index (χ4v) is 3.06. The lowest BCUT2D eigenvalue weighted by atomic mass is 10.0. The van der Waals surface area contributed by atoms with Crippen LogP contribution in [0.5, 0.6) is 0 Å². The lowest BCUT2D eigenvalue weighted by Gasteiger charge is -2.17. The van der Waals surface area contributed by atoms with Crippen LogP contribution in [0.4, 0.5) is 0 Å². The zero-order valence-corrected chi connectivity index (χ0v) is 22.1. The van der Waals surface area contributed by atoms with E-state index in [1.165, 1.54) is 0 Å². The number of amides is 2. The second kappa shape index (κ2) is 17.0. The van der Waals surface area contributed by atoms with Crippen LogP contribution in [0.25, 0.3) is 12.2 Å². The van der Waals surface area contributed by atoms with E-state index in [-0.39, 0.29) is 31.2 Å². The number of benzene rings is 2. The summed E-state index contributed by atoms with van der Waals surface area (Å²) in [5, 5.41) is 5.40. The maximum Gasteiger partial charge on any atom is 0.287 e. The Hall–Kier alpha value is -3.52. The molecule has 1 unspecified atom stereocenters. The molecule has 3 rings (SSSR count). The Labute approximate surface area is 224 Å². The number of aryl methyl sites for hydroxylation is 1. The first kappa shape index (κ1) is 32.5. The predicted octanol–water partition coefficient (Wildman–Crippen LogP) is 3.64. The van der Waals surface area contributed by atoms with Crippen LogP contribution in [0, 0.1) is 6.92 Å². The number of nitrogens with one attached hydrogen (secondary N) is 2. The zero-order chi connectivity index (χ0) is 24.9. The van der Waals surface area contributed by atoms with Gasteiger partial charge in [-0.2, -0.15) is 0 Å². The third kappa shape index (κ3) is 10.4. The minimum Gasteiger partial charge on any atom is -0.363 e. The molecule has 0 aliphatic heterocycles. The van der Waals surface area contributed by atoms with Gasteiger partial charge in [-0.3, -0.25) is 19.4 Å². The molecule has 0 bridgehead atoms. The fraction of sp³-hybridized carbons (Fsp3) is 0.185. The van der Waals surface area contributed by atoms with Crippen LogP contribution >= 0.6 is 24.8 Å². The number of hydrogen-bond acceptors (Lipinski definition) is 5. The third-order valence-corrected chi connectivity index (χ3v) is 4.74. The standard InChI is InChI=1S/C25H23N3O3.C2H7N.2ClH/c1-17-9-11-18(12-10-17)13-14-21-20(8-5-15-27-21)25(31)28-22(23(29)24(26)30)16-19-6-3-2-4-7-19;1-3-2;;/h2-15,22H,16H2,1H3,(H2,26,30)(H,28,31);3H,1-2H3;2*1H. The van der Waals surface area contributed by atoms with Crippen LogP contribution in [-0.2, 0) is 16.0 Å². The summed E-state index contributed by atoms with van der Waals surface area (Å²) in [6.45, 7) is 2.01. The smallest absolute Gasteiger partial charge is 0.287 e. The number of nitrogens with zero attached hydrogens (tertiary/aromatic N) is 1. The molecule has 9 heteroatoms. The van der Waals surface area contributed by atoms with Gasteiger partial charge in [-0.25, -0.2) is 0 Å². The molecule has 0 saturated carbocycles. The summed E-state index contributed by atoms with van der Waals surface area (Å²) >= 11 is 0. The highest BCUT2D eigenvalue weighted by atomic mass is 35.5.